The first-order chi connectivity index (χ1) is 10.1. The van der Waals surface area contributed by atoms with Crippen molar-refractivity contribution in [3.8, 4) is 5.75 Å². The predicted molar refractivity (Wildman–Crippen MR) is 85.5 cm³/mol. The fourth-order valence-corrected chi connectivity index (χ4v) is 3.31. The van der Waals surface area contributed by atoms with E-state index in [1.54, 1.807) is 7.11 Å². The first-order valence-electron chi connectivity index (χ1n) is 7.97. The monoisotopic (exact) mass is 289 g/mol. The highest BCUT2D eigenvalue weighted by molar-refractivity contribution is 5.81. The van der Waals surface area contributed by atoms with E-state index in [1.807, 2.05) is 18.2 Å². The Labute approximate surface area is 128 Å². The molecule has 1 fully saturated rings. The molecule has 1 aromatic rings. The minimum absolute atomic E-state index is 0.211. The first kappa shape index (κ1) is 16.0. The third-order valence-electron chi connectivity index (χ3n) is 4.61. The SMILES string of the molecule is CCC1CCC(=O)C(CN(C)Cc2ccccc2OC)C1. The summed E-state index contributed by atoms with van der Waals surface area (Å²) in [5.74, 6) is 2.31. The van der Waals surface area contributed by atoms with Crippen molar-refractivity contribution in [1.82, 2.24) is 4.90 Å². The van der Waals surface area contributed by atoms with Crippen molar-refractivity contribution in [3.63, 3.8) is 0 Å². The van der Waals surface area contributed by atoms with E-state index in [0.29, 0.717) is 5.78 Å². The highest BCUT2D eigenvalue weighted by Gasteiger charge is 2.28. The van der Waals surface area contributed by atoms with Gasteiger partial charge in [-0.25, -0.2) is 0 Å². The second kappa shape index (κ2) is 7.60. The van der Waals surface area contributed by atoms with Gasteiger partial charge in [-0.05, 0) is 31.9 Å². The van der Waals surface area contributed by atoms with Crippen LogP contribution in [-0.4, -0.2) is 31.4 Å². The minimum atomic E-state index is 0.211. The summed E-state index contributed by atoms with van der Waals surface area (Å²) in [4.78, 5) is 14.4. The summed E-state index contributed by atoms with van der Waals surface area (Å²) >= 11 is 0. The number of Topliss-reactive ketones (excluding diaryl/α,β-unsaturated/α-hetero) is 1. The van der Waals surface area contributed by atoms with Gasteiger partial charge in [0.05, 0.1) is 7.11 Å². The molecule has 0 aromatic heterocycles. The van der Waals surface area contributed by atoms with Gasteiger partial charge in [-0.15, -0.1) is 0 Å². The molecule has 0 saturated heterocycles. The summed E-state index contributed by atoms with van der Waals surface area (Å²) in [6.45, 7) is 3.91. The fourth-order valence-electron chi connectivity index (χ4n) is 3.31. The topological polar surface area (TPSA) is 29.5 Å². The van der Waals surface area contributed by atoms with Crippen LogP contribution in [-0.2, 0) is 11.3 Å². The number of hydrogen-bond acceptors (Lipinski definition) is 3. The molecule has 3 heteroatoms. The minimum Gasteiger partial charge on any atom is -0.496 e. The van der Waals surface area contributed by atoms with Gasteiger partial charge in [0, 0.05) is 31.0 Å². The van der Waals surface area contributed by atoms with Crippen molar-refractivity contribution in [1.29, 1.82) is 0 Å². The van der Waals surface area contributed by atoms with Crippen LogP contribution in [0.5, 0.6) is 5.75 Å². The summed E-state index contributed by atoms with van der Waals surface area (Å²) in [6.07, 6.45) is 4.11. The second-order valence-corrected chi connectivity index (χ2v) is 6.22. The van der Waals surface area contributed by atoms with E-state index >= 15 is 0 Å². The highest BCUT2D eigenvalue weighted by Crippen LogP contribution is 2.29. The molecule has 2 atom stereocenters. The second-order valence-electron chi connectivity index (χ2n) is 6.22. The Kier molecular flexibility index (Phi) is 5.80. The number of methoxy groups -OCH3 is 1. The van der Waals surface area contributed by atoms with Crippen molar-refractivity contribution in [3.05, 3.63) is 29.8 Å². The van der Waals surface area contributed by atoms with Gasteiger partial charge >= 0.3 is 0 Å². The number of ether oxygens (including phenoxy) is 1. The van der Waals surface area contributed by atoms with Crippen LogP contribution in [0.15, 0.2) is 24.3 Å². The Bertz CT molecular complexity index is 472. The molecule has 0 heterocycles. The summed E-state index contributed by atoms with van der Waals surface area (Å²) in [7, 11) is 3.80. The number of carbonyl (C=O) groups is 1. The van der Waals surface area contributed by atoms with Gasteiger partial charge in [-0.2, -0.15) is 0 Å². The van der Waals surface area contributed by atoms with Crippen molar-refractivity contribution in [2.75, 3.05) is 20.7 Å². The van der Waals surface area contributed by atoms with Gasteiger partial charge in [-0.1, -0.05) is 31.5 Å². The van der Waals surface area contributed by atoms with Crippen LogP contribution >= 0.6 is 0 Å². The Balaban J connectivity index is 1.94. The van der Waals surface area contributed by atoms with Gasteiger partial charge in [0.1, 0.15) is 11.5 Å². The van der Waals surface area contributed by atoms with E-state index in [-0.39, 0.29) is 5.92 Å². The quantitative estimate of drug-likeness (QED) is 0.802. The molecular weight excluding hydrogens is 262 g/mol. The van der Waals surface area contributed by atoms with Crippen molar-refractivity contribution < 1.29 is 9.53 Å². The number of nitrogens with zero attached hydrogens (tertiary/aromatic N) is 1. The number of rotatable bonds is 6. The first-order valence-corrected chi connectivity index (χ1v) is 7.97. The number of hydrogen-bond donors (Lipinski definition) is 0. The van der Waals surface area contributed by atoms with E-state index in [9.17, 15) is 4.79 Å². The van der Waals surface area contributed by atoms with Crippen LogP contribution in [0.3, 0.4) is 0 Å². The largest absolute Gasteiger partial charge is 0.496 e. The Hall–Kier alpha value is -1.35. The molecule has 0 N–H and O–H groups in total. The molecule has 1 aliphatic carbocycles. The molecule has 0 aliphatic heterocycles. The van der Waals surface area contributed by atoms with Crippen LogP contribution in [0.4, 0.5) is 0 Å². The lowest BCUT2D eigenvalue weighted by molar-refractivity contribution is -0.126. The van der Waals surface area contributed by atoms with Crippen LogP contribution in [0.1, 0.15) is 38.2 Å². The maximum absolute atomic E-state index is 12.1. The maximum atomic E-state index is 12.1. The molecule has 116 valence electrons. The molecule has 3 nitrogen and oxygen atoms in total. The lowest BCUT2D eigenvalue weighted by Crippen LogP contribution is -2.34. The Morgan fingerprint density at radius 3 is 2.81 bits per heavy atom. The fraction of sp³-hybridized carbons (Fsp3) is 0.611. The van der Waals surface area contributed by atoms with Gasteiger partial charge in [0.15, 0.2) is 0 Å². The number of ketones is 1. The van der Waals surface area contributed by atoms with Crippen LogP contribution < -0.4 is 4.74 Å². The maximum Gasteiger partial charge on any atom is 0.137 e. The number of carbonyl (C=O) groups excluding carboxylic acids is 1. The van der Waals surface area contributed by atoms with Crippen LogP contribution in [0.25, 0.3) is 0 Å². The van der Waals surface area contributed by atoms with Crippen molar-refractivity contribution in [2.45, 2.75) is 39.2 Å². The standard InChI is InChI=1S/C18H27NO2/c1-4-14-9-10-17(20)16(11-14)13-19(2)12-15-7-5-6-8-18(15)21-3/h5-8,14,16H,4,9-13H2,1-3H3. The zero-order valence-corrected chi connectivity index (χ0v) is 13.5. The van der Waals surface area contributed by atoms with Crippen molar-refractivity contribution >= 4 is 5.78 Å². The molecule has 0 spiro atoms. The molecule has 21 heavy (non-hydrogen) atoms. The lowest BCUT2D eigenvalue weighted by atomic mass is 9.79. The summed E-state index contributed by atoms with van der Waals surface area (Å²) in [5, 5.41) is 0. The van der Waals surface area contributed by atoms with Crippen LogP contribution in [0, 0.1) is 11.8 Å². The molecular formula is C18H27NO2. The molecule has 1 aromatic carbocycles. The molecule has 2 rings (SSSR count). The summed E-state index contributed by atoms with van der Waals surface area (Å²) in [6, 6.07) is 8.10. The van der Waals surface area contributed by atoms with E-state index in [1.165, 1.54) is 12.0 Å². The molecule has 0 radical (unpaired) electrons. The highest BCUT2D eigenvalue weighted by atomic mass is 16.5. The average Bonchev–Trinajstić information content (AvgIpc) is 2.50. The van der Waals surface area contributed by atoms with Gasteiger partial charge in [-0.3, -0.25) is 4.79 Å². The Morgan fingerprint density at radius 1 is 1.33 bits per heavy atom. The van der Waals surface area contributed by atoms with E-state index in [0.717, 1.165) is 44.0 Å². The predicted octanol–water partition coefficient (Wildman–Crippen LogP) is 3.52. The molecule has 0 amide bonds. The third-order valence-corrected chi connectivity index (χ3v) is 4.61. The van der Waals surface area contributed by atoms with E-state index in [4.69, 9.17) is 4.74 Å². The van der Waals surface area contributed by atoms with Gasteiger partial charge in [0.2, 0.25) is 0 Å². The molecule has 2 unspecified atom stereocenters. The summed E-state index contributed by atoms with van der Waals surface area (Å²) < 4.78 is 5.40. The smallest absolute Gasteiger partial charge is 0.137 e. The van der Waals surface area contributed by atoms with Crippen LogP contribution in [0.2, 0.25) is 0 Å². The number of para-hydroxylation sites is 1. The Morgan fingerprint density at radius 2 is 2.10 bits per heavy atom. The third kappa shape index (κ3) is 4.31. The van der Waals surface area contributed by atoms with E-state index in [2.05, 4.69) is 24.9 Å². The summed E-state index contributed by atoms with van der Waals surface area (Å²) in [5.41, 5.74) is 1.18. The normalized spacial score (nSPS) is 22.6. The number of benzene rings is 1. The average molecular weight is 289 g/mol. The van der Waals surface area contributed by atoms with E-state index < -0.39 is 0 Å². The molecule has 1 aliphatic rings. The van der Waals surface area contributed by atoms with Gasteiger partial charge < -0.3 is 9.64 Å². The molecule has 1 saturated carbocycles. The molecule has 0 bridgehead atoms. The zero-order valence-electron chi connectivity index (χ0n) is 13.5. The zero-order chi connectivity index (χ0) is 15.2. The lowest BCUT2D eigenvalue weighted by Gasteiger charge is -2.30. The van der Waals surface area contributed by atoms with Gasteiger partial charge in [0.25, 0.3) is 0 Å². The van der Waals surface area contributed by atoms with Crippen molar-refractivity contribution in [2.24, 2.45) is 11.8 Å².